The van der Waals surface area contributed by atoms with Crippen LogP contribution in [-0.2, 0) is 4.79 Å². The Morgan fingerprint density at radius 2 is 0.905 bits per heavy atom. The van der Waals surface area contributed by atoms with E-state index in [9.17, 15) is 20.1 Å². The van der Waals surface area contributed by atoms with Crippen molar-refractivity contribution >= 4 is 5.91 Å². The van der Waals surface area contributed by atoms with E-state index in [1.54, 1.807) is 0 Å². The van der Waals surface area contributed by atoms with Gasteiger partial charge in [0.1, 0.15) is 6.10 Å². The fourth-order valence-electron chi connectivity index (χ4n) is 5.65. The predicted octanol–water partition coefficient (Wildman–Crippen LogP) is 9.70. The zero-order valence-corrected chi connectivity index (χ0v) is 28.1. The molecule has 0 fully saturated rings. The van der Waals surface area contributed by atoms with Crippen LogP contribution in [0.3, 0.4) is 0 Å². The van der Waals surface area contributed by atoms with Gasteiger partial charge in [-0.1, -0.05) is 167 Å². The molecule has 250 valence electrons. The molecule has 0 saturated carbocycles. The van der Waals surface area contributed by atoms with Gasteiger partial charge in [-0.15, -0.1) is 0 Å². The Kier molecular flexibility index (Phi) is 32.3. The number of carbonyl (C=O) groups is 1. The molecule has 3 atom stereocenters. The molecular formula is C37H73NO4. The van der Waals surface area contributed by atoms with E-state index in [2.05, 4.69) is 31.3 Å². The number of carbonyl (C=O) groups excluding carboxylic acids is 1. The first-order chi connectivity index (χ1) is 20.6. The maximum atomic E-state index is 12.4. The Bertz CT molecular complexity index is 582. The highest BCUT2D eigenvalue weighted by Gasteiger charge is 2.23. The maximum Gasteiger partial charge on any atom is 0.249 e. The SMILES string of the molecule is CCCCCCCCCCC/C=C\CCCCCCC(O)C(=O)NC(CO)C(O)CCCCCCCCCCCCC. The van der Waals surface area contributed by atoms with E-state index in [0.29, 0.717) is 12.8 Å². The lowest BCUT2D eigenvalue weighted by atomic mass is 10.0. The van der Waals surface area contributed by atoms with Crippen LogP contribution in [0.4, 0.5) is 0 Å². The van der Waals surface area contributed by atoms with Crippen molar-refractivity contribution < 1.29 is 20.1 Å². The van der Waals surface area contributed by atoms with Gasteiger partial charge in [0.15, 0.2) is 0 Å². The molecule has 3 unspecified atom stereocenters. The van der Waals surface area contributed by atoms with Crippen molar-refractivity contribution in [3.8, 4) is 0 Å². The standard InChI is InChI=1S/C37H73NO4/c1-3-5-7-9-11-13-15-16-17-18-19-20-22-24-26-28-30-32-36(41)37(42)38-34(33-39)35(40)31-29-27-25-23-21-14-12-10-8-6-4-2/h19-20,34-36,39-41H,3-18,21-33H2,1-2H3,(H,38,42)/b20-19-. The second kappa shape index (κ2) is 33.0. The summed E-state index contributed by atoms with van der Waals surface area (Å²) < 4.78 is 0. The Balaban J connectivity index is 3.69. The average Bonchev–Trinajstić information content (AvgIpc) is 2.99. The number of unbranched alkanes of at least 4 members (excludes halogenated alkanes) is 23. The summed E-state index contributed by atoms with van der Waals surface area (Å²) in [5.41, 5.74) is 0. The fraction of sp³-hybridized carbons (Fsp3) is 0.919. The van der Waals surface area contributed by atoms with Gasteiger partial charge in [0.05, 0.1) is 18.8 Å². The zero-order chi connectivity index (χ0) is 30.9. The fourth-order valence-corrected chi connectivity index (χ4v) is 5.65. The van der Waals surface area contributed by atoms with Crippen LogP contribution in [0.5, 0.6) is 0 Å². The Morgan fingerprint density at radius 1 is 0.548 bits per heavy atom. The minimum Gasteiger partial charge on any atom is -0.394 e. The Morgan fingerprint density at radius 3 is 1.31 bits per heavy atom. The highest BCUT2D eigenvalue weighted by atomic mass is 16.3. The second-order valence-corrected chi connectivity index (χ2v) is 12.8. The van der Waals surface area contributed by atoms with Crippen molar-refractivity contribution in [2.75, 3.05) is 6.61 Å². The molecule has 0 aliphatic rings. The topological polar surface area (TPSA) is 89.8 Å². The lowest BCUT2D eigenvalue weighted by molar-refractivity contribution is -0.131. The van der Waals surface area contributed by atoms with Gasteiger partial charge in [0, 0.05) is 0 Å². The third kappa shape index (κ3) is 27.9. The van der Waals surface area contributed by atoms with Crippen LogP contribution < -0.4 is 5.32 Å². The van der Waals surface area contributed by atoms with Gasteiger partial charge in [-0.25, -0.2) is 0 Å². The summed E-state index contributed by atoms with van der Waals surface area (Å²) in [5.74, 6) is -0.480. The van der Waals surface area contributed by atoms with Crippen LogP contribution in [-0.4, -0.2) is 46.1 Å². The van der Waals surface area contributed by atoms with Gasteiger partial charge in [-0.3, -0.25) is 4.79 Å². The predicted molar refractivity (Wildman–Crippen MR) is 181 cm³/mol. The number of amides is 1. The minimum absolute atomic E-state index is 0.315. The number of nitrogens with one attached hydrogen (secondary N) is 1. The summed E-state index contributed by atoms with van der Waals surface area (Å²) in [4.78, 5) is 12.4. The number of aliphatic hydroxyl groups is 3. The molecule has 0 radical (unpaired) electrons. The van der Waals surface area contributed by atoms with E-state index in [1.165, 1.54) is 122 Å². The summed E-state index contributed by atoms with van der Waals surface area (Å²) in [6, 6.07) is -0.711. The van der Waals surface area contributed by atoms with E-state index in [0.717, 1.165) is 44.9 Å². The van der Waals surface area contributed by atoms with Crippen molar-refractivity contribution in [1.82, 2.24) is 5.32 Å². The molecule has 4 N–H and O–H groups in total. The Hall–Kier alpha value is -0.910. The quantitative estimate of drug-likeness (QED) is 0.0449. The molecule has 1 amide bonds. The lowest BCUT2D eigenvalue weighted by Gasteiger charge is -2.23. The largest absolute Gasteiger partial charge is 0.394 e. The van der Waals surface area contributed by atoms with Crippen LogP contribution in [0.2, 0.25) is 0 Å². The van der Waals surface area contributed by atoms with Gasteiger partial charge in [-0.05, 0) is 38.5 Å². The van der Waals surface area contributed by atoms with E-state index in [4.69, 9.17) is 0 Å². The van der Waals surface area contributed by atoms with Crippen molar-refractivity contribution in [2.24, 2.45) is 0 Å². The third-order valence-corrected chi connectivity index (χ3v) is 8.63. The number of hydrogen-bond donors (Lipinski definition) is 4. The van der Waals surface area contributed by atoms with Crippen molar-refractivity contribution in [3.05, 3.63) is 12.2 Å². The zero-order valence-electron chi connectivity index (χ0n) is 28.1. The molecule has 0 aliphatic heterocycles. The van der Waals surface area contributed by atoms with Crippen molar-refractivity contribution in [3.63, 3.8) is 0 Å². The van der Waals surface area contributed by atoms with Crippen molar-refractivity contribution in [2.45, 2.75) is 212 Å². The molecule has 5 nitrogen and oxygen atoms in total. The highest BCUT2D eigenvalue weighted by molar-refractivity contribution is 5.80. The third-order valence-electron chi connectivity index (χ3n) is 8.63. The molecule has 0 aliphatic carbocycles. The summed E-state index contributed by atoms with van der Waals surface area (Å²) in [7, 11) is 0. The van der Waals surface area contributed by atoms with Crippen LogP contribution >= 0.6 is 0 Å². The second-order valence-electron chi connectivity index (χ2n) is 12.8. The molecule has 0 aromatic carbocycles. The Labute approximate surface area is 261 Å². The lowest BCUT2D eigenvalue weighted by Crippen LogP contribution is -2.49. The first kappa shape index (κ1) is 41.1. The van der Waals surface area contributed by atoms with Gasteiger partial charge < -0.3 is 20.6 Å². The molecule has 0 aromatic rings. The first-order valence-corrected chi connectivity index (χ1v) is 18.5. The van der Waals surface area contributed by atoms with Gasteiger partial charge >= 0.3 is 0 Å². The number of hydrogen-bond acceptors (Lipinski definition) is 4. The normalized spacial score (nSPS) is 13.9. The van der Waals surface area contributed by atoms with E-state index >= 15 is 0 Å². The molecule has 0 bridgehead atoms. The van der Waals surface area contributed by atoms with E-state index in [1.807, 2.05) is 0 Å². The number of aliphatic hydroxyl groups excluding tert-OH is 3. The van der Waals surface area contributed by atoms with Crippen LogP contribution in [0.1, 0.15) is 194 Å². The summed E-state index contributed by atoms with van der Waals surface area (Å²) in [6.45, 7) is 4.20. The van der Waals surface area contributed by atoms with Crippen LogP contribution in [0.25, 0.3) is 0 Å². The molecule has 0 saturated heterocycles. The number of rotatable bonds is 33. The van der Waals surface area contributed by atoms with Crippen LogP contribution in [0, 0.1) is 0 Å². The molecule has 0 rings (SSSR count). The monoisotopic (exact) mass is 596 g/mol. The van der Waals surface area contributed by atoms with Gasteiger partial charge in [0.25, 0.3) is 0 Å². The van der Waals surface area contributed by atoms with Crippen LogP contribution in [0.15, 0.2) is 12.2 Å². The summed E-state index contributed by atoms with van der Waals surface area (Å²) in [6.07, 6.45) is 36.2. The molecule has 42 heavy (non-hydrogen) atoms. The maximum absolute atomic E-state index is 12.4. The molecule has 0 heterocycles. The summed E-state index contributed by atoms with van der Waals surface area (Å²) in [5, 5.41) is 33.1. The van der Waals surface area contributed by atoms with Gasteiger partial charge in [-0.2, -0.15) is 0 Å². The first-order valence-electron chi connectivity index (χ1n) is 18.5. The molecule has 0 aromatic heterocycles. The van der Waals surface area contributed by atoms with E-state index in [-0.39, 0.29) is 6.61 Å². The average molecular weight is 596 g/mol. The van der Waals surface area contributed by atoms with E-state index < -0.39 is 24.2 Å². The van der Waals surface area contributed by atoms with Crippen molar-refractivity contribution in [1.29, 1.82) is 0 Å². The smallest absolute Gasteiger partial charge is 0.249 e. The molecular weight excluding hydrogens is 522 g/mol. The molecule has 5 heteroatoms. The minimum atomic E-state index is -1.08. The summed E-state index contributed by atoms with van der Waals surface area (Å²) >= 11 is 0. The molecule has 0 spiro atoms. The van der Waals surface area contributed by atoms with Gasteiger partial charge in [0.2, 0.25) is 5.91 Å². The highest BCUT2D eigenvalue weighted by Crippen LogP contribution is 2.15. The number of allylic oxidation sites excluding steroid dienone is 2.